The SMILES string of the molecule is Cc1ccc(/C=N\n2c(-c3ccncc3)n[nH]c2=S)o1. The summed E-state index contributed by atoms with van der Waals surface area (Å²) in [5, 5.41) is 11.2. The number of aromatic amines is 1. The van der Waals surface area contributed by atoms with E-state index in [2.05, 4.69) is 20.3 Å². The maximum absolute atomic E-state index is 5.43. The quantitative estimate of drug-likeness (QED) is 0.593. The average Bonchev–Trinajstić information content (AvgIpc) is 3.04. The molecule has 0 aromatic carbocycles. The van der Waals surface area contributed by atoms with Crippen molar-refractivity contribution >= 4 is 18.4 Å². The molecule has 6 nitrogen and oxygen atoms in total. The first kappa shape index (κ1) is 12.5. The summed E-state index contributed by atoms with van der Waals surface area (Å²) in [6.45, 7) is 1.88. The van der Waals surface area contributed by atoms with Crippen LogP contribution in [-0.4, -0.2) is 26.1 Å². The third-order valence-corrected chi connectivity index (χ3v) is 2.91. The second-order valence-corrected chi connectivity index (χ2v) is 4.48. The molecule has 0 amide bonds. The zero-order valence-electron chi connectivity index (χ0n) is 10.6. The molecule has 0 radical (unpaired) electrons. The number of aryl methyl sites for hydroxylation is 1. The fraction of sp³-hybridized carbons (Fsp3) is 0.0769. The number of nitrogens with zero attached hydrogens (tertiary/aromatic N) is 4. The smallest absolute Gasteiger partial charge is 0.216 e. The molecule has 0 aliphatic rings. The monoisotopic (exact) mass is 285 g/mol. The Morgan fingerprint density at radius 3 is 2.80 bits per heavy atom. The van der Waals surface area contributed by atoms with Crippen molar-refractivity contribution in [2.24, 2.45) is 5.10 Å². The largest absolute Gasteiger partial charge is 0.460 e. The van der Waals surface area contributed by atoms with Gasteiger partial charge in [-0.2, -0.15) is 14.9 Å². The zero-order valence-corrected chi connectivity index (χ0v) is 11.5. The van der Waals surface area contributed by atoms with Crippen molar-refractivity contribution in [2.75, 3.05) is 0 Å². The van der Waals surface area contributed by atoms with Crippen LogP contribution in [0.3, 0.4) is 0 Å². The lowest BCUT2D eigenvalue weighted by Crippen LogP contribution is -1.94. The van der Waals surface area contributed by atoms with Crippen molar-refractivity contribution in [3.63, 3.8) is 0 Å². The Hall–Kier alpha value is -2.54. The van der Waals surface area contributed by atoms with Crippen molar-refractivity contribution in [3.05, 3.63) is 53.0 Å². The molecule has 7 heteroatoms. The molecule has 0 saturated carbocycles. The molecule has 0 bridgehead atoms. The second-order valence-electron chi connectivity index (χ2n) is 4.09. The molecule has 1 N–H and O–H groups in total. The minimum atomic E-state index is 0.413. The van der Waals surface area contributed by atoms with Gasteiger partial charge in [0.05, 0.1) is 6.21 Å². The van der Waals surface area contributed by atoms with E-state index in [0.717, 1.165) is 11.3 Å². The van der Waals surface area contributed by atoms with Crippen LogP contribution >= 0.6 is 12.2 Å². The molecule has 20 heavy (non-hydrogen) atoms. The molecule has 0 aliphatic carbocycles. The first-order valence-electron chi connectivity index (χ1n) is 5.92. The van der Waals surface area contributed by atoms with E-state index < -0.39 is 0 Å². The number of hydrogen-bond acceptors (Lipinski definition) is 5. The Morgan fingerprint density at radius 1 is 1.30 bits per heavy atom. The third-order valence-electron chi connectivity index (χ3n) is 2.65. The number of pyridine rings is 1. The molecule has 0 aliphatic heterocycles. The van der Waals surface area contributed by atoms with Crippen LogP contribution in [0.1, 0.15) is 11.5 Å². The Balaban J connectivity index is 2.00. The van der Waals surface area contributed by atoms with Gasteiger partial charge in [0.25, 0.3) is 0 Å². The van der Waals surface area contributed by atoms with Crippen LogP contribution in [0.5, 0.6) is 0 Å². The third kappa shape index (κ3) is 2.43. The summed E-state index contributed by atoms with van der Waals surface area (Å²) in [7, 11) is 0. The molecule has 3 aromatic heterocycles. The molecule has 0 spiro atoms. The first-order chi connectivity index (χ1) is 9.74. The number of H-pyrrole nitrogens is 1. The Morgan fingerprint density at radius 2 is 2.10 bits per heavy atom. The molecule has 3 rings (SSSR count). The molecular weight excluding hydrogens is 274 g/mol. The number of furan rings is 1. The van der Waals surface area contributed by atoms with Crippen LogP contribution < -0.4 is 0 Å². The lowest BCUT2D eigenvalue weighted by molar-refractivity contribution is 0.527. The van der Waals surface area contributed by atoms with Crippen LogP contribution in [-0.2, 0) is 0 Å². The fourth-order valence-corrected chi connectivity index (χ4v) is 1.90. The summed E-state index contributed by atoms with van der Waals surface area (Å²) in [5.74, 6) is 2.11. The van der Waals surface area contributed by atoms with Gasteiger partial charge in [0.1, 0.15) is 11.5 Å². The van der Waals surface area contributed by atoms with Gasteiger partial charge < -0.3 is 4.42 Å². The second kappa shape index (κ2) is 5.22. The zero-order chi connectivity index (χ0) is 13.9. The predicted molar refractivity (Wildman–Crippen MR) is 77.1 cm³/mol. The summed E-state index contributed by atoms with van der Waals surface area (Å²) in [6, 6.07) is 7.40. The van der Waals surface area contributed by atoms with Crippen LogP contribution in [0.15, 0.2) is 46.2 Å². The summed E-state index contributed by atoms with van der Waals surface area (Å²) < 4.78 is 7.39. The van der Waals surface area contributed by atoms with Crippen LogP contribution in [0.2, 0.25) is 0 Å². The fourth-order valence-electron chi connectivity index (χ4n) is 1.72. The molecule has 100 valence electrons. The van der Waals surface area contributed by atoms with Gasteiger partial charge in [0, 0.05) is 18.0 Å². The van der Waals surface area contributed by atoms with Gasteiger partial charge >= 0.3 is 0 Å². The number of rotatable bonds is 3. The Kier molecular flexibility index (Phi) is 3.26. The minimum Gasteiger partial charge on any atom is -0.460 e. The lowest BCUT2D eigenvalue weighted by atomic mass is 10.2. The summed E-state index contributed by atoms with van der Waals surface area (Å²) in [6.07, 6.45) is 4.98. The van der Waals surface area contributed by atoms with Crippen molar-refractivity contribution in [2.45, 2.75) is 6.92 Å². The molecule has 3 aromatic rings. The highest BCUT2D eigenvalue weighted by molar-refractivity contribution is 7.71. The molecule has 0 atom stereocenters. The average molecular weight is 285 g/mol. The van der Waals surface area contributed by atoms with Crippen LogP contribution in [0, 0.1) is 11.7 Å². The van der Waals surface area contributed by atoms with Crippen molar-refractivity contribution in [1.82, 2.24) is 19.9 Å². The number of nitrogens with one attached hydrogen (secondary N) is 1. The van der Waals surface area contributed by atoms with E-state index in [9.17, 15) is 0 Å². The predicted octanol–water partition coefficient (Wildman–Crippen LogP) is 2.79. The lowest BCUT2D eigenvalue weighted by Gasteiger charge is -1.99. The molecule has 3 heterocycles. The van der Waals surface area contributed by atoms with E-state index in [-0.39, 0.29) is 0 Å². The summed E-state index contributed by atoms with van der Waals surface area (Å²) in [5.41, 5.74) is 0.875. The number of hydrogen-bond donors (Lipinski definition) is 1. The van der Waals surface area contributed by atoms with Crippen LogP contribution in [0.25, 0.3) is 11.4 Å². The van der Waals surface area contributed by atoms with Gasteiger partial charge in [-0.3, -0.25) is 4.98 Å². The van der Waals surface area contributed by atoms with Crippen molar-refractivity contribution in [3.8, 4) is 11.4 Å². The van der Waals surface area contributed by atoms with E-state index in [1.54, 1.807) is 23.3 Å². The summed E-state index contributed by atoms with van der Waals surface area (Å²) >= 11 is 5.18. The highest BCUT2D eigenvalue weighted by Gasteiger charge is 2.07. The van der Waals surface area contributed by atoms with Gasteiger partial charge in [0.15, 0.2) is 5.82 Å². The van der Waals surface area contributed by atoms with Gasteiger partial charge in [-0.05, 0) is 43.4 Å². The van der Waals surface area contributed by atoms with Crippen LogP contribution in [0.4, 0.5) is 0 Å². The van der Waals surface area contributed by atoms with Crippen molar-refractivity contribution in [1.29, 1.82) is 0 Å². The maximum atomic E-state index is 5.43. The van der Waals surface area contributed by atoms with Crippen molar-refractivity contribution < 1.29 is 4.42 Å². The highest BCUT2D eigenvalue weighted by Crippen LogP contribution is 2.15. The number of aromatic nitrogens is 4. The van der Waals surface area contributed by atoms with E-state index in [1.807, 2.05) is 31.2 Å². The van der Waals surface area contributed by atoms with Gasteiger partial charge in [-0.15, -0.1) is 0 Å². The Bertz CT molecular complexity index is 800. The molecular formula is C13H11N5OS. The standard InChI is InChI=1S/C13H11N5OS/c1-9-2-3-11(19-9)8-15-18-12(16-17-13(18)20)10-4-6-14-7-5-10/h2-8H,1H3,(H,17,20)/b15-8-. The summed E-state index contributed by atoms with van der Waals surface area (Å²) in [4.78, 5) is 3.98. The Labute approximate surface area is 119 Å². The molecule has 0 unspecified atom stereocenters. The van der Waals surface area contributed by atoms with Gasteiger partial charge in [-0.25, -0.2) is 5.10 Å². The topological polar surface area (TPSA) is 72.0 Å². The molecule has 0 saturated heterocycles. The van der Waals surface area contributed by atoms with E-state index >= 15 is 0 Å². The molecule has 0 fully saturated rings. The van der Waals surface area contributed by atoms with E-state index in [0.29, 0.717) is 16.4 Å². The van der Waals surface area contributed by atoms with E-state index in [1.165, 1.54) is 0 Å². The van der Waals surface area contributed by atoms with E-state index in [4.69, 9.17) is 16.6 Å². The van der Waals surface area contributed by atoms with Gasteiger partial charge in [0.2, 0.25) is 4.77 Å². The maximum Gasteiger partial charge on any atom is 0.216 e. The first-order valence-corrected chi connectivity index (χ1v) is 6.33. The van der Waals surface area contributed by atoms with Gasteiger partial charge in [-0.1, -0.05) is 0 Å². The normalized spacial score (nSPS) is 11.2. The minimum absolute atomic E-state index is 0.413. The highest BCUT2D eigenvalue weighted by atomic mass is 32.1.